The predicted molar refractivity (Wildman–Crippen MR) is 56.0 cm³/mol. The zero-order valence-corrected chi connectivity index (χ0v) is 9.62. The van der Waals surface area contributed by atoms with Crippen LogP contribution in [-0.2, 0) is 11.8 Å². The summed E-state index contributed by atoms with van der Waals surface area (Å²) in [4.78, 5) is 0. The summed E-state index contributed by atoms with van der Waals surface area (Å²) < 4.78 is 0. The summed E-state index contributed by atoms with van der Waals surface area (Å²) in [5.74, 6) is 0. The van der Waals surface area contributed by atoms with Gasteiger partial charge < -0.3 is 0 Å². The first-order valence-electron chi connectivity index (χ1n) is 3.54. The molecule has 1 saturated heterocycles. The van der Waals surface area contributed by atoms with Gasteiger partial charge in [0.25, 0.3) is 0 Å². The molecule has 1 aliphatic rings. The van der Waals surface area contributed by atoms with Crippen molar-refractivity contribution in [3.05, 3.63) is 0 Å². The van der Waals surface area contributed by atoms with Gasteiger partial charge in [-0.1, -0.05) is 39.5 Å². The standard InChI is InChI=1S/C7H15PS2/c1-6(2)5-7(3,4)8(6,9)10/h5H2,1-4H3,(H,9,10). The minimum absolute atomic E-state index is 0.342. The molecule has 0 nitrogen and oxygen atoms in total. The predicted octanol–water partition coefficient (Wildman–Crippen LogP) is 3.27. The highest BCUT2D eigenvalue weighted by Gasteiger charge is 2.56. The molecule has 0 unspecified atom stereocenters. The van der Waals surface area contributed by atoms with E-state index < -0.39 is 5.24 Å². The molecule has 10 heavy (non-hydrogen) atoms. The molecule has 60 valence electrons. The minimum atomic E-state index is -1.34. The smallest absolute Gasteiger partial charge is 0.0142 e. The molecule has 3 heteroatoms. The van der Waals surface area contributed by atoms with Gasteiger partial charge in [-0.15, -0.1) is 12.2 Å². The van der Waals surface area contributed by atoms with Gasteiger partial charge in [-0.25, -0.2) is 0 Å². The largest absolute Gasteiger partial charge is 0.140 e. The second-order valence-corrected chi connectivity index (χ2v) is 12.2. The molecule has 1 heterocycles. The van der Waals surface area contributed by atoms with Crippen molar-refractivity contribution >= 4 is 29.3 Å². The third kappa shape index (κ3) is 0.922. The van der Waals surface area contributed by atoms with Gasteiger partial charge in [-0.3, -0.25) is 0 Å². The third-order valence-corrected chi connectivity index (χ3v) is 12.3. The summed E-state index contributed by atoms with van der Waals surface area (Å²) >= 11 is 10.1. The van der Waals surface area contributed by atoms with E-state index >= 15 is 0 Å². The van der Waals surface area contributed by atoms with Crippen LogP contribution in [0.2, 0.25) is 0 Å². The normalized spacial score (nSPS) is 32.9. The summed E-state index contributed by atoms with van der Waals surface area (Å²) in [5.41, 5.74) is 0. The molecule has 0 aromatic heterocycles. The Balaban J connectivity index is 2.97. The van der Waals surface area contributed by atoms with Gasteiger partial charge in [-0.05, 0) is 6.42 Å². The number of rotatable bonds is 0. The molecule has 0 amide bonds. The summed E-state index contributed by atoms with van der Waals surface area (Å²) in [6.45, 7) is 8.97. The van der Waals surface area contributed by atoms with E-state index in [1.54, 1.807) is 0 Å². The number of hydrogen-bond donors (Lipinski definition) is 1. The Morgan fingerprint density at radius 1 is 1.20 bits per heavy atom. The molecular weight excluding hydrogens is 179 g/mol. The van der Waals surface area contributed by atoms with Gasteiger partial charge in [0.1, 0.15) is 0 Å². The molecule has 0 bridgehead atoms. The van der Waals surface area contributed by atoms with Crippen molar-refractivity contribution < 1.29 is 0 Å². The Kier molecular flexibility index (Phi) is 1.84. The average molecular weight is 194 g/mol. The van der Waals surface area contributed by atoms with Gasteiger partial charge in [0.05, 0.1) is 0 Å². The Morgan fingerprint density at radius 2 is 1.50 bits per heavy atom. The highest BCUT2D eigenvalue weighted by atomic mass is 32.9. The van der Waals surface area contributed by atoms with Crippen molar-refractivity contribution in [2.45, 2.75) is 44.4 Å². The van der Waals surface area contributed by atoms with Crippen LogP contribution in [0.4, 0.5) is 0 Å². The number of thiol groups is 1. The lowest BCUT2D eigenvalue weighted by atomic mass is 9.96. The lowest BCUT2D eigenvalue weighted by molar-refractivity contribution is 0.458. The molecule has 0 aliphatic carbocycles. The molecule has 1 rings (SSSR count). The molecule has 1 aliphatic heterocycles. The Hall–Kier alpha value is 1.00. The second-order valence-electron chi connectivity index (χ2n) is 4.38. The molecule has 0 N–H and O–H groups in total. The lowest BCUT2D eigenvalue weighted by Gasteiger charge is -2.58. The summed E-state index contributed by atoms with van der Waals surface area (Å²) in [6.07, 6.45) is 1.24. The van der Waals surface area contributed by atoms with Crippen molar-refractivity contribution in [1.29, 1.82) is 0 Å². The van der Waals surface area contributed by atoms with Crippen molar-refractivity contribution in [2.75, 3.05) is 0 Å². The zero-order valence-electron chi connectivity index (χ0n) is 7.01. The van der Waals surface area contributed by atoms with Gasteiger partial charge >= 0.3 is 0 Å². The third-order valence-electron chi connectivity index (χ3n) is 2.51. The highest BCUT2D eigenvalue weighted by molar-refractivity contribution is 8.64. The van der Waals surface area contributed by atoms with Gasteiger partial charge in [0.2, 0.25) is 0 Å². The van der Waals surface area contributed by atoms with E-state index in [1.165, 1.54) is 6.42 Å². The molecule has 0 atom stereocenters. The molecule has 0 radical (unpaired) electrons. The fourth-order valence-electron chi connectivity index (χ4n) is 2.00. The first kappa shape index (κ1) is 9.09. The van der Waals surface area contributed by atoms with Crippen LogP contribution in [0.5, 0.6) is 0 Å². The Morgan fingerprint density at radius 3 is 1.50 bits per heavy atom. The fourth-order valence-corrected chi connectivity index (χ4v) is 5.40. The van der Waals surface area contributed by atoms with Crippen LogP contribution in [-0.4, -0.2) is 10.3 Å². The minimum Gasteiger partial charge on any atom is -0.140 e. The SMILES string of the molecule is CC1(C)CC(C)(C)P1(=S)S. The van der Waals surface area contributed by atoms with Crippen LogP contribution in [0.15, 0.2) is 0 Å². The van der Waals surface area contributed by atoms with E-state index in [9.17, 15) is 0 Å². The van der Waals surface area contributed by atoms with Crippen molar-refractivity contribution in [3.8, 4) is 0 Å². The fraction of sp³-hybridized carbons (Fsp3) is 1.00. The monoisotopic (exact) mass is 194 g/mol. The van der Waals surface area contributed by atoms with Crippen LogP contribution in [0.1, 0.15) is 34.1 Å². The van der Waals surface area contributed by atoms with Crippen molar-refractivity contribution in [2.24, 2.45) is 0 Å². The molecule has 0 aromatic carbocycles. The van der Waals surface area contributed by atoms with Gasteiger partial charge in [0, 0.05) is 15.6 Å². The number of hydrogen-bond acceptors (Lipinski definition) is 1. The summed E-state index contributed by atoms with van der Waals surface area (Å²) in [7, 11) is 0. The molecule has 0 saturated carbocycles. The van der Waals surface area contributed by atoms with Crippen LogP contribution < -0.4 is 0 Å². The maximum absolute atomic E-state index is 5.52. The molecule has 0 aromatic rings. The summed E-state index contributed by atoms with van der Waals surface area (Å²) in [6, 6.07) is 0. The quantitative estimate of drug-likeness (QED) is 0.456. The van der Waals surface area contributed by atoms with Crippen LogP contribution in [0.25, 0.3) is 0 Å². The van der Waals surface area contributed by atoms with Crippen LogP contribution >= 0.6 is 17.5 Å². The maximum atomic E-state index is 5.52. The van der Waals surface area contributed by atoms with E-state index in [4.69, 9.17) is 11.8 Å². The second kappa shape index (κ2) is 2.02. The topological polar surface area (TPSA) is 0 Å². The Bertz CT molecular complexity index is 188. The van der Waals surface area contributed by atoms with E-state index in [-0.39, 0.29) is 0 Å². The lowest BCUT2D eigenvalue weighted by Crippen LogP contribution is -2.46. The van der Waals surface area contributed by atoms with Gasteiger partial charge in [-0.2, -0.15) is 0 Å². The van der Waals surface area contributed by atoms with Crippen LogP contribution in [0.3, 0.4) is 0 Å². The van der Waals surface area contributed by atoms with E-state index in [0.29, 0.717) is 10.3 Å². The van der Waals surface area contributed by atoms with E-state index in [1.807, 2.05) is 0 Å². The molecule has 1 fully saturated rings. The average Bonchev–Trinajstić information content (AvgIpc) is 1.61. The molecule has 0 spiro atoms. The maximum Gasteiger partial charge on any atom is 0.0142 e. The van der Waals surface area contributed by atoms with Crippen molar-refractivity contribution in [3.63, 3.8) is 0 Å². The van der Waals surface area contributed by atoms with Gasteiger partial charge in [0.15, 0.2) is 0 Å². The molecular formula is C7H15PS2. The van der Waals surface area contributed by atoms with Crippen molar-refractivity contribution in [1.82, 2.24) is 0 Å². The Labute approximate surface area is 73.9 Å². The first-order chi connectivity index (χ1) is 4.21. The first-order valence-corrected chi connectivity index (χ1v) is 7.49. The zero-order chi connectivity index (χ0) is 8.21. The highest BCUT2D eigenvalue weighted by Crippen LogP contribution is 2.82. The van der Waals surface area contributed by atoms with Crippen LogP contribution in [0, 0.1) is 0 Å². The summed E-state index contributed by atoms with van der Waals surface area (Å²) in [5, 5.41) is -0.660. The van der Waals surface area contributed by atoms with E-state index in [0.717, 1.165) is 0 Å². The van der Waals surface area contributed by atoms with E-state index in [2.05, 4.69) is 39.9 Å².